The summed E-state index contributed by atoms with van der Waals surface area (Å²) in [6.45, 7) is 0. The lowest BCUT2D eigenvalue weighted by Gasteiger charge is -2.08. The standard InChI is InChI=1S/C13H8BrClFNO2/c14-7-1-3-9(12(18)5-7)13(19)17-11-6-8(16)2-4-10(11)15/h1-6,18H,(H,17,19). The van der Waals surface area contributed by atoms with E-state index in [2.05, 4.69) is 21.2 Å². The van der Waals surface area contributed by atoms with Gasteiger partial charge in [0.25, 0.3) is 5.91 Å². The number of amides is 1. The van der Waals surface area contributed by atoms with Gasteiger partial charge < -0.3 is 10.4 Å². The van der Waals surface area contributed by atoms with E-state index in [0.717, 1.165) is 6.07 Å². The Balaban J connectivity index is 2.28. The van der Waals surface area contributed by atoms with Crippen molar-refractivity contribution in [1.29, 1.82) is 0 Å². The molecule has 3 nitrogen and oxygen atoms in total. The Morgan fingerprint density at radius 2 is 2.00 bits per heavy atom. The summed E-state index contributed by atoms with van der Waals surface area (Å²) in [5.74, 6) is -1.27. The maximum Gasteiger partial charge on any atom is 0.259 e. The minimum atomic E-state index is -0.572. The maximum atomic E-state index is 13.1. The topological polar surface area (TPSA) is 49.3 Å². The van der Waals surface area contributed by atoms with E-state index in [4.69, 9.17) is 11.6 Å². The Hall–Kier alpha value is -1.59. The number of aromatic hydroxyl groups is 1. The Kier molecular flexibility index (Phi) is 4.07. The molecule has 98 valence electrons. The van der Waals surface area contributed by atoms with Gasteiger partial charge >= 0.3 is 0 Å². The largest absolute Gasteiger partial charge is 0.507 e. The summed E-state index contributed by atoms with van der Waals surface area (Å²) >= 11 is 9.01. The van der Waals surface area contributed by atoms with Crippen LogP contribution in [0.2, 0.25) is 5.02 Å². The van der Waals surface area contributed by atoms with Gasteiger partial charge in [0.05, 0.1) is 16.3 Å². The normalized spacial score (nSPS) is 10.3. The Morgan fingerprint density at radius 3 is 2.68 bits per heavy atom. The molecule has 0 fully saturated rings. The first-order chi connectivity index (χ1) is 8.97. The van der Waals surface area contributed by atoms with Gasteiger partial charge in [0.1, 0.15) is 11.6 Å². The molecule has 0 saturated heterocycles. The van der Waals surface area contributed by atoms with Crippen molar-refractivity contribution in [2.75, 3.05) is 5.32 Å². The minimum Gasteiger partial charge on any atom is -0.507 e. The van der Waals surface area contributed by atoms with Crippen LogP contribution >= 0.6 is 27.5 Å². The molecular formula is C13H8BrClFNO2. The van der Waals surface area contributed by atoms with Gasteiger partial charge in [-0.1, -0.05) is 27.5 Å². The Morgan fingerprint density at radius 1 is 1.26 bits per heavy atom. The molecule has 6 heteroatoms. The molecule has 0 saturated carbocycles. The summed E-state index contributed by atoms with van der Waals surface area (Å²) in [5.41, 5.74) is 0.220. The maximum absolute atomic E-state index is 13.1. The van der Waals surface area contributed by atoms with E-state index in [0.29, 0.717) is 4.47 Å². The lowest BCUT2D eigenvalue weighted by atomic mass is 10.2. The molecule has 0 radical (unpaired) electrons. The molecule has 0 aliphatic carbocycles. The number of carbonyl (C=O) groups is 1. The van der Waals surface area contributed by atoms with Crippen molar-refractivity contribution >= 4 is 39.1 Å². The van der Waals surface area contributed by atoms with Gasteiger partial charge in [0.15, 0.2) is 0 Å². The first kappa shape index (κ1) is 13.8. The highest BCUT2D eigenvalue weighted by molar-refractivity contribution is 9.10. The van der Waals surface area contributed by atoms with Gasteiger partial charge in [0, 0.05) is 4.47 Å². The van der Waals surface area contributed by atoms with Crippen LogP contribution in [0.15, 0.2) is 40.9 Å². The molecule has 0 bridgehead atoms. The van der Waals surface area contributed by atoms with Crippen LogP contribution in [0.5, 0.6) is 5.75 Å². The number of anilines is 1. The third-order valence-corrected chi connectivity index (χ3v) is 3.20. The summed E-state index contributed by atoms with van der Waals surface area (Å²) in [6, 6.07) is 8.09. The third-order valence-electron chi connectivity index (χ3n) is 2.38. The third kappa shape index (κ3) is 3.24. The Labute approximate surface area is 122 Å². The number of halogens is 3. The zero-order chi connectivity index (χ0) is 14.0. The fourth-order valence-corrected chi connectivity index (χ4v) is 1.99. The summed E-state index contributed by atoms with van der Waals surface area (Å²) in [5, 5.41) is 12.3. The predicted molar refractivity (Wildman–Crippen MR) is 75.2 cm³/mol. The smallest absolute Gasteiger partial charge is 0.259 e. The molecule has 1 amide bonds. The fraction of sp³-hybridized carbons (Fsp3) is 0. The second kappa shape index (κ2) is 5.59. The van der Waals surface area contributed by atoms with Gasteiger partial charge in [-0.2, -0.15) is 0 Å². The average Bonchev–Trinajstić information content (AvgIpc) is 2.33. The van der Waals surface area contributed by atoms with Crippen molar-refractivity contribution < 1.29 is 14.3 Å². The van der Waals surface area contributed by atoms with Crippen molar-refractivity contribution in [2.24, 2.45) is 0 Å². The van der Waals surface area contributed by atoms with Crippen molar-refractivity contribution in [2.45, 2.75) is 0 Å². The van der Waals surface area contributed by atoms with Crippen LogP contribution in [0.1, 0.15) is 10.4 Å². The zero-order valence-electron chi connectivity index (χ0n) is 9.45. The predicted octanol–water partition coefficient (Wildman–Crippen LogP) is 4.20. The van der Waals surface area contributed by atoms with Crippen LogP contribution in [0.25, 0.3) is 0 Å². The minimum absolute atomic E-state index is 0.0727. The fourth-order valence-electron chi connectivity index (χ4n) is 1.48. The van der Waals surface area contributed by atoms with E-state index in [1.165, 1.54) is 24.3 Å². The first-order valence-electron chi connectivity index (χ1n) is 5.22. The summed E-state index contributed by atoms with van der Waals surface area (Å²) in [7, 11) is 0. The van der Waals surface area contributed by atoms with E-state index in [1.807, 2.05) is 0 Å². The summed E-state index contributed by atoms with van der Waals surface area (Å²) in [6.07, 6.45) is 0. The molecule has 0 atom stereocenters. The number of nitrogens with one attached hydrogen (secondary N) is 1. The quantitative estimate of drug-likeness (QED) is 0.858. The number of carbonyl (C=O) groups excluding carboxylic acids is 1. The molecule has 0 unspecified atom stereocenters. The summed E-state index contributed by atoms with van der Waals surface area (Å²) < 4.78 is 13.7. The highest BCUT2D eigenvalue weighted by Gasteiger charge is 2.13. The molecule has 2 aromatic rings. The number of hydrogen-bond donors (Lipinski definition) is 2. The SMILES string of the molecule is O=C(Nc1cc(F)ccc1Cl)c1ccc(Br)cc1O. The van der Waals surface area contributed by atoms with Crippen LogP contribution in [-0.4, -0.2) is 11.0 Å². The van der Waals surface area contributed by atoms with E-state index < -0.39 is 11.7 Å². The van der Waals surface area contributed by atoms with Gasteiger partial charge in [-0.25, -0.2) is 4.39 Å². The zero-order valence-corrected chi connectivity index (χ0v) is 11.8. The van der Waals surface area contributed by atoms with Crippen LogP contribution in [0.3, 0.4) is 0 Å². The highest BCUT2D eigenvalue weighted by Crippen LogP contribution is 2.26. The van der Waals surface area contributed by atoms with E-state index in [-0.39, 0.29) is 22.0 Å². The molecule has 2 aromatic carbocycles. The van der Waals surface area contributed by atoms with Crippen LogP contribution < -0.4 is 5.32 Å². The van der Waals surface area contributed by atoms with Crippen molar-refractivity contribution in [3.05, 3.63) is 57.3 Å². The van der Waals surface area contributed by atoms with Crippen molar-refractivity contribution in [3.63, 3.8) is 0 Å². The molecule has 0 aliphatic rings. The average molecular weight is 345 g/mol. The lowest BCUT2D eigenvalue weighted by molar-refractivity contribution is 0.102. The second-order valence-electron chi connectivity index (χ2n) is 3.74. The van der Waals surface area contributed by atoms with E-state index in [9.17, 15) is 14.3 Å². The van der Waals surface area contributed by atoms with Gasteiger partial charge in [-0.15, -0.1) is 0 Å². The second-order valence-corrected chi connectivity index (χ2v) is 5.06. The molecule has 0 aromatic heterocycles. The monoisotopic (exact) mass is 343 g/mol. The van der Waals surface area contributed by atoms with E-state index >= 15 is 0 Å². The van der Waals surface area contributed by atoms with Crippen LogP contribution in [-0.2, 0) is 0 Å². The highest BCUT2D eigenvalue weighted by atomic mass is 79.9. The summed E-state index contributed by atoms with van der Waals surface area (Å²) in [4.78, 5) is 11.9. The Bertz CT molecular complexity index is 649. The molecular weight excluding hydrogens is 337 g/mol. The van der Waals surface area contributed by atoms with Crippen LogP contribution in [0, 0.1) is 5.82 Å². The number of benzene rings is 2. The number of phenols is 1. The molecule has 2 N–H and O–H groups in total. The molecule has 2 rings (SSSR count). The number of hydrogen-bond acceptors (Lipinski definition) is 2. The molecule has 19 heavy (non-hydrogen) atoms. The van der Waals surface area contributed by atoms with E-state index in [1.54, 1.807) is 6.07 Å². The van der Waals surface area contributed by atoms with Gasteiger partial charge in [-0.05, 0) is 36.4 Å². The lowest BCUT2D eigenvalue weighted by Crippen LogP contribution is -2.12. The van der Waals surface area contributed by atoms with Crippen LogP contribution in [0.4, 0.5) is 10.1 Å². The first-order valence-corrected chi connectivity index (χ1v) is 6.39. The molecule has 0 heterocycles. The van der Waals surface area contributed by atoms with Gasteiger partial charge in [0.2, 0.25) is 0 Å². The molecule has 0 aliphatic heterocycles. The van der Waals surface area contributed by atoms with Crippen molar-refractivity contribution in [1.82, 2.24) is 0 Å². The van der Waals surface area contributed by atoms with Gasteiger partial charge in [-0.3, -0.25) is 4.79 Å². The number of rotatable bonds is 2. The van der Waals surface area contributed by atoms with Crippen molar-refractivity contribution in [3.8, 4) is 5.75 Å². The molecule has 0 spiro atoms. The number of phenolic OH excluding ortho intramolecular Hbond substituents is 1.